The van der Waals surface area contributed by atoms with Crippen LogP contribution in [0.25, 0.3) is 0 Å². The highest BCUT2D eigenvalue weighted by Gasteiger charge is 2.39. The minimum atomic E-state index is -4.74. The van der Waals surface area contributed by atoms with Gasteiger partial charge in [0, 0.05) is 10.6 Å². The molecule has 0 fully saturated rings. The van der Waals surface area contributed by atoms with Crippen molar-refractivity contribution in [2.75, 3.05) is 0 Å². The van der Waals surface area contributed by atoms with Crippen LogP contribution in [0.5, 0.6) is 0 Å². The summed E-state index contributed by atoms with van der Waals surface area (Å²) in [5, 5.41) is -0.590. The molecule has 1 atom stereocenters. The Morgan fingerprint density at radius 2 is 1.73 bits per heavy atom. The average molecular weight is 262 g/mol. The second-order valence-corrected chi connectivity index (χ2v) is 3.65. The number of hydrogen-bond donors (Lipinski definition) is 1. The highest BCUT2D eigenvalue weighted by Crippen LogP contribution is 2.35. The lowest BCUT2D eigenvalue weighted by Gasteiger charge is -2.17. The zero-order valence-corrected chi connectivity index (χ0v) is 8.59. The molecule has 0 aliphatic carbocycles. The van der Waals surface area contributed by atoms with Crippen molar-refractivity contribution in [3.05, 3.63) is 33.6 Å². The Labute approximate surface area is 92.8 Å². The lowest BCUT2D eigenvalue weighted by molar-refractivity contribution is -0.149. The van der Waals surface area contributed by atoms with Crippen molar-refractivity contribution >= 4 is 23.2 Å². The number of halogens is 6. The predicted octanol–water partition coefficient (Wildman–Crippen LogP) is 3.69. The van der Waals surface area contributed by atoms with Gasteiger partial charge in [-0.2, -0.15) is 13.2 Å². The number of benzene rings is 1. The van der Waals surface area contributed by atoms with Gasteiger partial charge in [0.25, 0.3) is 0 Å². The van der Waals surface area contributed by atoms with E-state index in [1.807, 2.05) is 0 Å². The van der Waals surface area contributed by atoms with Crippen molar-refractivity contribution in [1.82, 2.24) is 0 Å². The van der Waals surface area contributed by atoms with E-state index in [1.165, 1.54) is 0 Å². The normalized spacial score (nSPS) is 14.1. The summed E-state index contributed by atoms with van der Waals surface area (Å²) in [6.07, 6.45) is -4.74. The molecular formula is C8H5Cl2F4N. The second kappa shape index (κ2) is 4.15. The minimum absolute atomic E-state index is 0.101. The van der Waals surface area contributed by atoms with Crippen molar-refractivity contribution in [2.24, 2.45) is 5.73 Å². The molecule has 0 saturated carbocycles. The van der Waals surface area contributed by atoms with E-state index < -0.39 is 28.6 Å². The molecular weight excluding hydrogens is 257 g/mol. The van der Waals surface area contributed by atoms with Crippen molar-refractivity contribution in [3.63, 3.8) is 0 Å². The molecule has 1 aromatic rings. The van der Waals surface area contributed by atoms with Crippen LogP contribution < -0.4 is 5.73 Å². The summed E-state index contributed by atoms with van der Waals surface area (Å²) in [6, 6.07) is -0.625. The van der Waals surface area contributed by atoms with Crippen LogP contribution in [-0.4, -0.2) is 6.18 Å². The topological polar surface area (TPSA) is 26.0 Å². The molecule has 15 heavy (non-hydrogen) atoms. The van der Waals surface area contributed by atoms with E-state index in [1.54, 1.807) is 0 Å². The zero-order valence-electron chi connectivity index (χ0n) is 7.08. The van der Waals surface area contributed by atoms with Gasteiger partial charge in [0.15, 0.2) is 0 Å². The van der Waals surface area contributed by atoms with Gasteiger partial charge in [-0.25, -0.2) is 4.39 Å². The molecule has 0 bridgehead atoms. The van der Waals surface area contributed by atoms with Crippen molar-refractivity contribution in [2.45, 2.75) is 12.2 Å². The van der Waals surface area contributed by atoms with Crippen LogP contribution in [0.4, 0.5) is 17.6 Å². The first-order chi connectivity index (χ1) is 6.73. The van der Waals surface area contributed by atoms with Crippen LogP contribution >= 0.6 is 23.2 Å². The predicted molar refractivity (Wildman–Crippen MR) is 49.4 cm³/mol. The fraction of sp³-hybridized carbons (Fsp3) is 0.250. The molecule has 0 aliphatic heterocycles. The molecule has 0 amide bonds. The third kappa shape index (κ3) is 2.74. The molecule has 2 N–H and O–H groups in total. The maximum absolute atomic E-state index is 13.2. The minimum Gasteiger partial charge on any atom is -0.316 e. The number of nitrogens with two attached hydrogens (primary N) is 1. The van der Waals surface area contributed by atoms with Crippen LogP contribution in [0, 0.1) is 5.82 Å². The van der Waals surface area contributed by atoms with Crippen LogP contribution in [0.3, 0.4) is 0 Å². The Bertz CT molecular complexity index is 378. The Hall–Kier alpha value is -0.520. The molecule has 0 heterocycles. The Morgan fingerprint density at radius 3 is 2.20 bits per heavy atom. The fourth-order valence-corrected chi connectivity index (χ4v) is 1.49. The largest absolute Gasteiger partial charge is 0.407 e. The van der Waals surface area contributed by atoms with Gasteiger partial charge in [-0.3, -0.25) is 0 Å². The van der Waals surface area contributed by atoms with Gasteiger partial charge in [-0.1, -0.05) is 23.2 Å². The van der Waals surface area contributed by atoms with E-state index >= 15 is 0 Å². The third-order valence-corrected chi connectivity index (χ3v) is 2.20. The SMILES string of the molecule is N[C@H](c1cc(Cl)cc(Cl)c1F)C(F)(F)F. The van der Waals surface area contributed by atoms with Crippen LogP contribution in [0.2, 0.25) is 10.0 Å². The summed E-state index contributed by atoms with van der Waals surface area (Å²) in [6.45, 7) is 0. The molecule has 1 aromatic carbocycles. The molecule has 1 rings (SSSR count). The van der Waals surface area contributed by atoms with Gasteiger partial charge in [0.05, 0.1) is 5.02 Å². The maximum atomic E-state index is 13.2. The molecule has 0 aliphatic rings. The first kappa shape index (κ1) is 12.5. The highest BCUT2D eigenvalue weighted by atomic mass is 35.5. The molecule has 0 aromatic heterocycles. The molecule has 0 spiro atoms. The summed E-state index contributed by atoms with van der Waals surface area (Å²) < 4.78 is 49.8. The Kier molecular flexibility index (Phi) is 3.48. The van der Waals surface area contributed by atoms with Gasteiger partial charge in [0.2, 0.25) is 0 Å². The lowest BCUT2D eigenvalue weighted by atomic mass is 10.1. The first-order valence-corrected chi connectivity index (χ1v) is 4.46. The van der Waals surface area contributed by atoms with Gasteiger partial charge < -0.3 is 5.73 Å². The fourth-order valence-electron chi connectivity index (χ4n) is 0.979. The smallest absolute Gasteiger partial charge is 0.316 e. The van der Waals surface area contributed by atoms with E-state index in [0.29, 0.717) is 0 Å². The molecule has 0 saturated heterocycles. The van der Waals surface area contributed by atoms with Crippen molar-refractivity contribution < 1.29 is 17.6 Å². The first-order valence-electron chi connectivity index (χ1n) is 3.70. The molecule has 7 heteroatoms. The number of hydrogen-bond acceptors (Lipinski definition) is 1. The number of rotatable bonds is 1. The average Bonchev–Trinajstić information content (AvgIpc) is 2.08. The van der Waals surface area contributed by atoms with Crippen LogP contribution in [-0.2, 0) is 0 Å². The third-order valence-electron chi connectivity index (χ3n) is 1.71. The summed E-state index contributed by atoms with van der Waals surface area (Å²) in [5.41, 5.74) is 4.06. The van der Waals surface area contributed by atoms with Gasteiger partial charge in [-0.05, 0) is 12.1 Å². The van der Waals surface area contributed by atoms with Gasteiger partial charge >= 0.3 is 6.18 Å². The summed E-state index contributed by atoms with van der Waals surface area (Å²) >= 11 is 10.8. The van der Waals surface area contributed by atoms with Gasteiger partial charge in [-0.15, -0.1) is 0 Å². The van der Waals surface area contributed by atoms with E-state index in [4.69, 9.17) is 28.9 Å². The van der Waals surface area contributed by atoms with Crippen LogP contribution in [0.15, 0.2) is 12.1 Å². The monoisotopic (exact) mass is 261 g/mol. The van der Waals surface area contributed by atoms with E-state index in [0.717, 1.165) is 12.1 Å². The Morgan fingerprint density at radius 1 is 1.20 bits per heavy atom. The summed E-state index contributed by atoms with van der Waals surface area (Å²) in [7, 11) is 0. The molecule has 0 radical (unpaired) electrons. The standard InChI is InChI=1S/C8H5Cl2F4N/c9-3-1-4(6(11)5(10)2-3)7(15)8(12,13)14/h1-2,7H,15H2/t7-/m1/s1. The van der Waals surface area contributed by atoms with Crippen LogP contribution in [0.1, 0.15) is 11.6 Å². The van der Waals surface area contributed by atoms with Crippen molar-refractivity contribution in [1.29, 1.82) is 0 Å². The second-order valence-electron chi connectivity index (χ2n) is 2.81. The molecule has 84 valence electrons. The zero-order chi connectivity index (χ0) is 11.8. The number of alkyl halides is 3. The van der Waals surface area contributed by atoms with E-state index in [9.17, 15) is 17.6 Å². The van der Waals surface area contributed by atoms with Crippen molar-refractivity contribution in [3.8, 4) is 0 Å². The maximum Gasteiger partial charge on any atom is 0.407 e. The quantitative estimate of drug-likeness (QED) is 0.606. The van der Waals surface area contributed by atoms with E-state index in [2.05, 4.69) is 0 Å². The lowest BCUT2D eigenvalue weighted by Crippen LogP contribution is -2.29. The highest BCUT2D eigenvalue weighted by molar-refractivity contribution is 6.34. The van der Waals surface area contributed by atoms with Gasteiger partial charge in [0.1, 0.15) is 11.9 Å². The molecule has 1 nitrogen and oxygen atoms in total. The summed E-state index contributed by atoms with van der Waals surface area (Å²) in [5.74, 6) is -1.20. The Balaban J connectivity index is 3.25. The molecule has 0 unspecified atom stereocenters. The summed E-state index contributed by atoms with van der Waals surface area (Å²) in [4.78, 5) is 0. The van der Waals surface area contributed by atoms with E-state index in [-0.39, 0.29) is 5.02 Å².